The number of hydrogen-bond donors (Lipinski definition) is 0. The Kier molecular flexibility index (Phi) is 4.75. The molecular weight excluding hydrogens is 336 g/mol. The zero-order chi connectivity index (χ0) is 18.8. The van der Waals surface area contributed by atoms with E-state index in [9.17, 15) is 4.79 Å². The Labute approximate surface area is 150 Å². The van der Waals surface area contributed by atoms with E-state index in [1.165, 1.54) is 28.4 Å². The lowest BCUT2D eigenvalue weighted by molar-refractivity contribution is 0.324. The standard InChI is InChI=1S/C20H20O6/c1-11-6-7-12-15(10-11)26-18(20(25-5)16(12)21)13-8-9-14(22-2)19(24-4)17(13)23-3/h6-10H,1-5H3. The third-order valence-electron chi connectivity index (χ3n) is 4.16. The van der Waals surface area contributed by atoms with Gasteiger partial charge in [-0.15, -0.1) is 0 Å². The smallest absolute Gasteiger partial charge is 0.235 e. The van der Waals surface area contributed by atoms with E-state index in [0.29, 0.717) is 33.8 Å². The van der Waals surface area contributed by atoms with Crippen LogP contribution in [0, 0.1) is 6.92 Å². The van der Waals surface area contributed by atoms with Crippen LogP contribution in [-0.4, -0.2) is 28.4 Å². The first-order chi connectivity index (χ1) is 12.5. The Morgan fingerprint density at radius 3 is 2.12 bits per heavy atom. The summed E-state index contributed by atoms with van der Waals surface area (Å²) in [5, 5.41) is 0.454. The molecule has 0 amide bonds. The normalized spacial score (nSPS) is 10.7. The van der Waals surface area contributed by atoms with Gasteiger partial charge in [0, 0.05) is 0 Å². The Morgan fingerprint density at radius 1 is 0.808 bits per heavy atom. The van der Waals surface area contributed by atoms with Crippen molar-refractivity contribution in [1.29, 1.82) is 0 Å². The number of rotatable bonds is 5. The molecule has 0 unspecified atom stereocenters. The van der Waals surface area contributed by atoms with Crippen LogP contribution in [0.3, 0.4) is 0 Å². The number of methoxy groups -OCH3 is 4. The quantitative estimate of drug-likeness (QED) is 0.693. The van der Waals surface area contributed by atoms with Crippen molar-refractivity contribution in [2.24, 2.45) is 0 Å². The van der Waals surface area contributed by atoms with E-state index in [0.717, 1.165) is 5.56 Å². The average molecular weight is 356 g/mol. The summed E-state index contributed by atoms with van der Waals surface area (Å²) in [7, 11) is 6.00. The molecular formula is C20H20O6. The molecule has 0 spiro atoms. The van der Waals surface area contributed by atoms with Crippen LogP contribution in [0.2, 0.25) is 0 Å². The third-order valence-corrected chi connectivity index (χ3v) is 4.16. The van der Waals surface area contributed by atoms with Gasteiger partial charge < -0.3 is 23.4 Å². The highest BCUT2D eigenvalue weighted by atomic mass is 16.5. The Bertz CT molecular complexity index is 1020. The van der Waals surface area contributed by atoms with Crippen molar-refractivity contribution in [1.82, 2.24) is 0 Å². The van der Waals surface area contributed by atoms with Gasteiger partial charge in [-0.3, -0.25) is 4.79 Å². The lowest BCUT2D eigenvalue weighted by atomic mass is 10.1. The van der Waals surface area contributed by atoms with Crippen molar-refractivity contribution < 1.29 is 23.4 Å². The van der Waals surface area contributed by atoms with Crippen LogP contribution in [0.5, 0.6) is 23.0 Å². The van der Waals surface area contributed by atoms with E-state index in [1.54, 1.807) is 18.2 Å². The molecule has 0 radical (unpaired) electrons. The largest absolute Gasteiger partial charge is 0.493 e. The van der Waals surface area contributed by atoms with Crippen LogP contribution in [-0.2, 0) is 0 Å². The SMILES string of the molecule is COc1ccc(-c2oc3cc(C)ccc3c(=O)c2OC)c(OC)c1OC. The van der Waals surface area contributed by atoms with E-state index >= 15 is 0 Å². The molecule has 0 atom stereocenters. The summed E-state index contributed by atoms with van der Waals surface area (Å²) in [6.45, 7) is 1.93. The van der Waals surface area contributed by atoms with Crippen molar-refractivity contribution >= 4 is 11.0 Å². The van der Waals surface area contributed by atoms with Crippen LogP contribution >= 0.6 is 0 Å². The van der Waals surface area contributed by atoms with Gasteiger partial charge in [0.15, 0.2) is 17.3 Å². The lowest BCUT2D eigenvalue weighted by Crippen LogP contribution is -2.08. The summed E-state index contributed by atoms with van der Waals surface area (Å²) in [6, 6.07) is 8.86. The number of fused-ring (bicyclic) bond motifs is 1. The summed E-state index contributed by atoms with van der Waals surface area (Å²) < 4.78 is 27.7. The van der Waals surface area contributed by atoms with E-state index < -0.39 is 0 Å². The third kappa shape index (κ3) is 2.73. The molecule has 6 nitrogen and oxygen atoms in total. The minimum Gasteiger partial charge on any atom is -0.493 e. The number of ether oxygens (including phenoxy) is 4. The van der Waals surface area contributed by atoms with Gasteiger partial charge in [-0.1, -0.05) is 6.07 Å². The zero-order valence-corrected chi connectivity index (χ0v) is 15.3. The monoisotopic (exact) mass is 356 g/mol. The maximum absolute atomic E-state index is 12.9. The second-order valence-corrected chi connectivity index (χ2v) is 5.68. The van der Waals surface area contributed by atoms with Crippen molar-refractivity contribution in [3.63, 3.8) is 0 Å². The molecule has 136 valence electrons. The highest BCUT2D eigenvalue weighted by Gasteiger charge is 2.24. The average Bonchev–Trinajstić information content (AvgIpc) is 2.66. The second-order valence-electron chi connectivity index (χ2n) is 5.68. The van der Waals surface area contributed by atoms with E-state index in [4.69, 9.17) is 23.4 Å². The summed E-state index contributed by atoms with van der Waals surface area (Å²) in [4.78, 5) is 12.9. The highest BCUT2D eigenvalue weighted by Crippen LogP contribution is 2.46. The molecule has 0 aliphatic heterocycles. The van der Waals surface area contributed by atoms with Crippen LogP contribution in [0.15, 0.2) is 39.5 Å². The first-order valence-corrected chi connectivity index (χ1v) is 7.96. The summed E-state index contributed by atoms with van der Waals surface area (Å²) in [6.07, 6.45) is 0. The number of aryl methyl sites for hydroxylation is 1. The van der Waals surface area contributed by atoms with Crippen molar-refractivity contribution in [2.75, 3.05) is 28.4 Å². The fourth-order valence-electron chi connectivity index (χ4n) is 2.93. The van der Waals surface area contributed by atoms with Crippen LogP contribution in [0.25, 0.3) is 22.3 Å². The molecule has 6 heteroatoms. The molecule has 0 bridgehead atoms. The van der Waals surface area contributed by atoms with Crippen molar-refractivity contribution in [3.05, 3.63) is 46.1 Å². The molecule has 1 heterocycles. The molecule has 0 saturated heterocycles. The fourth-order valence-corrected chi connectivity index (χ4v) is 2.93. The first-order valence-electron chi connectivity index (χ1n) is 7.96. The highest BCUT2D eigenvalue weighted by molar-refractivity contribution is 5.85. The predicted octanol–water partition coefficient (Wildman–Crippen LogP) is 3.80. The molecule has 0 fully saturated rings. The Morgan fingerprint density at radius 2 is 1.50 bits per heavy atom. The van der Waals surface area contributed by atoms with Gasteiger partial charge in [0.25, 0.3) is 0 Å². The maximum atomic E-state index is 12.9. The van der Waals surface area contributed by atoms with Gasteiger partial charge in [-0.2, -0.15) is 0 Å². The molecule has 0 aliphatic carbocycles. The topological polar surface area (TPSA) is 67.1 Å². The summed E-state index contributed by atoms with van der Waals surface area (Å²) in [5.74, 6) is 1.67. The van der Waals surface area contributed by atoms with Crippen LogP contribution in [0.4, 0.5) is 0 Å². The predicted molar refractivity (Wildman–Crippen MR) is 98.9 cm³/mol. The summed E-state index contributed by atoms with van der Waals surface area (Å²) >= 11 is 0. The number of benzene rings is 2. The molecule has 3 aromatic rings. The van der Waals surface area contributed by atoms with E-state index in [-0.39, 0.29) is 16.9 Å². The van der Waals surface area contributed by atoms with E-state index in [2.05, 4.69) is 0 Å². The maximum Gasteiger partial charge on any atom is 0.235 e. The van der Waals surface area contributed by atoms with Gasteiger partial charge in [0.2, 0.25) is 16.9 Å². The molecule has 3 rings (SSSR count). The Hall–Kier alpha value is -3.15. The molecule has 26 heavy (non-hydrogen) atoms. The van der Waals surface area contributed by atoms with Crippen LogP contribution < -0.4 is 24.4 Å². The molecule has 0 saturated carbocycles. The molecule has 1 aromatic heterocycles. The summed E-state index contributed by atoms with van der Waals surface area (Å²) in [5.41, 5.74) is 1.74. The number of hydrogen-bond acceptors (Lipinski definition) is 6. The van der Waals surface area contributed by atoms with Gasteiger partial charge >= 0.3 is 0 Å². The van der Waals surface area contributed by atoms with Crippen LogP contribution in [0.1, 0.15) is 5.56 Å². The fraction of sp³-hybridized carbons (Fsp3) is 0.250. The first kappa shape index (κ1) is 17.7. The second kappa shape index (κ2) is 7.00. The van der Waals surface area contributed by atoms with E-state index in [1.807, 2.05) is 19.1 Å². The Balaban J connectivity index is 2.40. The molecule has 0 aliphatic rings. The van der Waals surface area contributed by atoms with Gasteiger partial charge in [0.1, 0.15) is 5.58 Å². The van der Waals surface area contributed by atoms with Gasteiger partial charge in [-0.05, 0) is 36.8 Å². The molecule has 2 aromatic carbocycles. The van der Waals surface area contributed by atoms with Crippen molar-refractivity contribution in [2.45, 2.75) is 6.92 Å². The van der Waals surface area contributed by atoms with Gasteiger partial charge in [0.05, 0.1) is 39.4 Å². The van der Waals surface area contributed by atoms with Crippen molar-refractivity contribution in [3.8, 4) is 34.3 Å². The minimum atomic E-state index is -0.249. The lowest BCUT2D eigenvalue weighted by Gasteiger charge is -2.16. The molecule has 0 N–H and O–H groups in total. The minimum absolute atomic E-state index is 0.104. The zero-order valence-electron chi connectivity index (χ0n) is 15.3. The van der Waals surface area contributed by atoms with Gasteiger partial charge in [-0.25, -0.2) is 0 Å².